The molecule has 0 saturated heterocycles. The first-order chi connectivity index (χ1) is 10.9. The summed E-state index contributed by atoms with van der Waals surface area (Å²) in [4.78, 5) is 4.44. The zero-order valence-electron chi connectivity index (χ0n) is 13.7. The molecular weight excluding hydrogens is 290 g/mol. The highest BCUT2D eigenvalue weighted by Gasteiger charge is 2.20. The standard InChI is InChI=1S/C16H23N7/c1-4-7-23-16(20-8(2)3)12-11-10(6-5-9(17)13(11)18)21-15(19)14(12)22-23/h5-6,8,20H,4,7,17-18H2,1-3H3,(H2,19,21). The molecule has 0 spiro atoms. The molecule has 0 aliphatic heterocycles. The maximum atomic E-state index is 6.25. The van der Waals surface area contributed by atoms with Gasteiger partial charge in [0.05, 0.1) is 22.3 Å². The number of rotatable bonds is 4. The number of fused-ring (bicyclic) bond motifs is 3. The van der Waals surface area contributed by atoms with Gasteiger partial charge in [-0.1, -0.05) is 6.92 Å². The summed E-state index contributed by atoms with van der Waals surface area (Å²) in [6.07, 6.45) is 0.962. The van der Waals surface area contributed by atoms with Crippen molar-refractivity contribution in [2.75, 3.05) is 22.5 Å². The molecule has 0 aliphatic carbocycles. The summed E-state index contributed by atoms with van der Waals surface area (Å²) in [5.74, 6) is 1.31. The third-order valence-corrected chi connectivity index (χ3v) is 3.80. The van der Waals surface area contributed by atoms with Crippen LogP contribution < -0.4 is 22.5 Å². The van der Waals surface area contributed by atoms with E-state index in [1.807, 2.05) is 10.7 Å². The molecule has 2 heterocycles. The van der Waals surface area contributed by atoms with Crippen LogP contribution in [0.15, 0.2) is 12.1 Å². The van der Waals surface area contributed by atoms with Crippen molar-refractivity contribution in [3.63, 3.8) is 0 Å². The van der Waals surface area contributed by atoms with Gasteiger partial charge >= 0.3 is 0 Å². The number of pyridine rings is 1. The lowest BCUT2D eigenvalue weighted by Crippen LogP contribution is -2.14. The maximum absolute atomic E-state index is 6.25. The zero-order valence-corrected chi connectivity index (χ0v) is 13.7. The quantitative estimate of drug-likeness (QED) is 0.549. The molecule has 122 valence electrons. The van der Waals surface area contributed by atoms with Crippen LogP contribution in [0, 0.1) is 0 Å². The Balaban J connectivity index is 2.48. The summed E-state index contributed by atoms with van der Waals surface area (Å²) < 4.78 is 1.94. The van der Waals surface area contributed by atoms with Crippen LogP contribution in [-0.2, 0) is 6.54 Å². The minimum atomic E-state index is 0.247. The molecule has 7 N–H and O–H groups in total. The molecule has 0 saturated carbocycles. The van der Waals surface area contributed by atoms with Crippen molar-refractivity contribution >= 4 is 44.8 Å². The van der Waals surface area contributed by atoms with Gasteiger partial charge in [-0.25, -0.2) is 9.67 Å². The van der Waals surface area contributed by atoms with Crippen molar-refractivity contribution in [3.8, 4) is 0 Å². The second kappa shape index (κ2) is 5.49. The topological polar surface area (TPSA) is 121 Å². The van der Waals surface area contributed by atoms with Gasteiger partial charge in [0.1, 0.15) is 11.3 Å². The first kappa shape index (κ1) is 15.2. The summed E-state index contributed by atoms with van der Waals surface area (Å²) in [6, 6.07) is 3.84. The largest absolute Gasteiger partial charge is 0.397 e. The Labute approximate surface area is 134 Å². The second-order valence-corrected chi connectivity index (χ2v) is 6.05. The molecule has 0 aliphatic rings. The fourth-order valence-electron chi connectivity index (χ4n) is 2.83. The molecular formula is C16H23N7. The lowest BCUT2D eigenvalue weighted by molar-refractivity contribution is 0.610. The molecule has 0 bridgehead atoms. The molecule has 7 heteroatoms. The van der Waals surface area contributed by atoms with E-state index in [1.165, 1.54) is 0 Å². The van der Waals surface area contributed by atoms with Gasteiger partial charge in [-0.2, -0.15) is 5.10 Å². The van der Waals surface area contributed by atoms with Crippen LogP contribution in [0.5, 0.6) is 0 Å². The number of aromatic nitrogens is 3. The minimum Gasteiger partial charge on any atom is -0.397 e. The van der Waals surface area contributed by atoms with Crippen molar-refractivity contribution in [1.82, 2.24) is 14.8 Å². The van der Waals surface area contributed by atoms with Crippen LogP contribution in [0.1, 0.15) is 27.2 Å². The predicted octanol–water partition coefficient (Wildman–Crippen LogP) is 2.56. The van der Waals surface area contributed by atoms with Gasteiger partial charge < -0.3 is 22.5 Å². The first-order valence-corrected chi connectivity index (χ1v) is 7.84. The van der Waals surface area contributed by atoms with Gasteiger partial charge in [0.25, 0.3) is 0 Å². The number of nitrogens with two attached hydrogens (primary N) is 3. The minimum absolute atomic E-state index is 0.247. The van der Waals surface area contributed by atoms with Crippen molar-refractivity contribution in [2.45, 2.75) is 39.8 Å². The molecule has 23 heavy (non-hydrogen) atoms. The Hall–Kier alpha value is -2.70. The normalized spacial score (nSPS) is 11.7. The molecule has 0 amide bonds. The summed E-state index contributed by atoms with van der Waals surface area (Å²) in [6.45, 7) is 7.06. The molecule has 0 radical (unpaired) electrons. The van der Waals surface area contributed by atoms with E-state index in [4.69, 9.17) is 17.2 Å². The average Bonchev–Trinajstić information content (AvgIpc) is 2.82. The van der Waals surface area contributed by atoms with Gasteiger partial charge in [-0.3, -0.25) is 0 Å². The van der Waals surface area contributed by atoms with Crippen LogP contribution in [0.2, 0.25) is 0 Å². The lowest BCUT2D eigenvalue weighted by Gasteiger charge is -2.14. The monoisotopic (exact) mass is 313 g/mol. The Morgan fingerprint density at radius 3 is 2.57 bits per heavy atom. The fourth-order valence-corrected chi connectivity index (χ4v) is 2.83. The van der Waals surface area contributed by atoms with E-state index in [1.54, 1.807) is 6.07 Å². The van der Waals surface area contributed by atoms with E-state index in [2.05, 4.69) is 36.2 Å². The highest BCUT2D eigenvalue weighted by atomic mass is 15.3. The zero-order chi connectivity index (χ0) is 16.7. The van der Waals surface area contributed by atoms with Crippen LogP contribution in [0.3, 0.4) is 0 Å². The van der Waals surface area contributed by atoms with E-state index in [0.29, 0.717) is 22.7 Å². The van der Waals surface area contributed by atoms with Gasteiger partial charge in [0.15, 0.2) is 5.82 Å². The van der Waals surface area contributed by atoms with Crippen molar-refractivity contribution in [3.05, 3.63) is 12.1 Å². The summed E-state index contributed by atoms with van der Waals surface area (Å²) in [5, 5.41) is 9.81. The van der Waals surface area contributed by atoms with E-state index in [9.17, 15) is 0 Å². The van der Waals surface area contributed by atoms with Gasteiger partial charge in [0.2, 0.25) is 0 Å². The molecule has 3 aromatic rings. The number of nitrogens with one attached hydrogen (secondary N) is 1. The van der Waals surface area contributed by atoms with Crippen LogP contribution in [-0.4, -0.2) is 20.8 Å². The number of hydrogen-bond acceptors (Lipinski definition) is 6. The Morgan fingerprint density at radius 2 is 1.91 bits per heavy atom. The number of aryl methyl sites for hydroxylation is 1. The summed E-state index contributed by atoms with van der Waals surface area (Å²) in [5.41, 5.74) is 20.8. The molecule has 7 nitrogen and oxygen atoms in total. The number of hydrogen-bond donors (Lipinski definition) is 4. The number of benzene rings is 1. The van der Waals surface area contributed by atoms with Crippen molar-refractivity contribution in [2.24, 2.45) is 0 Å². The predicted molar refractivity (Wildman–Crippen MR) is 97.3 cm³/mol. The highest BCUT2D eigenvalue weighted by Crippen LogP contribution is 2.38. The number of nitrogens with zero attached hydrogens (tertiary/aromatic N) is 3. The van der Waals surface area contributed by atoms with Crippen LogP contribution in [0.25, 0.3) is 21.8 Å². The first-order valence-electron chi connectivity index (χ1n) is 7.84. The Kier molecular flexibility index (Phi) is 3.63. The number of anilines is 4. The summed E-state index contributed by atoms with van der Waals surface area (Å²) >= 11 is 0. The lowest BCUT2D eigenvalue weighted by atomic mass is 10.1. The Morgan fingerprint density at radius 1 is 1.17 bits per heavy atom. The second-order valence-electron chi connectivity index (χ2n) is 6.05. The third-order valence-electron chi connectivity index (χ3n) is 3.80. The van der Waals surface area contributed by atoms with E-state index < -0.39 is 0 Å². The molecule has 2 aromatic heterocycles. The van der Waals surface area contributed by atoms with Gasteiger partial charge in [-0.05, 0) is 32.4 Å². The molecule has 1 aromatic carbocycles. The Bertz CT molecular complexity index is 879. The average molecular weight is 313 g/mol. The summed E-state index contributed by atoms with van der Waals surface area (Å²) in [7, 11) is 0. The molecule has 3 rings (SSSR count). The van der Waals surface area contributed by atoms with Crippen LogP contribution in [0.4, 0.5) is 23.0 Å². The van der Waals surface area contributed by atoms with Crippen LogP contribution >= 0.6 is 0 Å². The van der Waals surface area contributed by atoms with E-state index in [-0.39, 0.29) is 6.04 Å². The van der Waals surface area contributed by atoms with E-state index >= 15 is 0 Å². The maximum Gasteiger partial charge on any atom is 0.152 e. The van der Waals surface area contributed by atoms with Gasteiger partial charge in [-0.15, -0.1) is 0 Å². The fraction of sp³-hybridized carbons (Fsp3) is 0.375. The number of nitrogen functional groups attached to an aromatic ring is 3. The molecule has 0 fully saturated rings. The highest BCUT2D eigenvalue weighted by molar-refractivity contribution is 6.19. The van der Waals surface area contributed by atoms with Crippen molar-refractivity contribution < 1.29 is 0 Å². The van der Waals surface area contributed by atoms with Gasteiger partial charge in [0, 0.05) is 18.0 Å². The SMILES string of the molecule is CCCn1nc2c(N)nc3ccc(N)c(N)c3c2c1NC(C)C. The third kappa shape index (κ3) is 2.38. The van der Waals surface area contributed by atoms with E-state index in [0.717, 1.165) is 35.1 Å². The molecule has 0 atom stereocenters. The van der Waals surface area contributed by atoms with Crippen molar-refractivity contribution in [1.29, 1.82) is 0 Å². The molecule has 0 unspecified atom stereocenters. The smallest absolute Gasteiger partial charge is 0.152 e.